The van der Waals surface area contributed by atoms with Gasteiger partial charge in [0.2, 0.25) is 5.91 Å². The fraction of sp³-hybridized carbons (Fsp3) is 0.407. The molecule has 0 bridgehead atoms. The number of aromatic nitrogens is 1. The van der Waals surface area contributed by atoms with Crippen LogP contribution in [0.5, 0.6) is 0 Å². The lowest BCUT2D eigenvalue weighted by molar-refractivity contribution is -0.127. The highest BCUT2D eigenvalue weighted by Crippen LogP contribution is 2.27. The minimum absolute atomic E-state index is 0.0720. The SMILES string of the molecule is Cc1ccc(C(NC(=O)C2CCN(CCOC3=CCCC=C3F)CC2)c2ccncc2F)cc1. The van der Waals surface area contributed by atoms with Gasteiger partial charge in [0.15, 0.2) is 11.6 Å². The summed E-state index contributed by atoms with van der Waals surface area (Å²) < 4.78 is 33.9. The van der Waals surface area contributed by atoms with Crippen molar-refractivity contribution in [2.75, 3.05) is 26.2 Å². The zero-order chi connectivity index (χ0) is 23.9. The molecule has 5 nitrogen and oxygen atoms in total. The summed E-state index contributed by atoms with van der Waals surface area (Å²) in [6, 6.07) is 8.79. The molecular weight excluding hydrogens is 436 g/mol. The zero-order valence-electron chi connectivity index (χ0n) is 19.5. The number of rotatable bonds is 8. The number of hydrogen-bond donors (Lipinski definition) is 1. The second-order valence-corrected chi connectivity index (χ2v) is 8.91. The van der Waals surface area contributed by atoms with Gasteiger partial charge in [-0.15, -0.1) is 0 Å². The Morgan fingerprint density at radius 2 is 1.88 bits per heavy atom. The first-order chi connectivity index (χ1) is 16.5. The molecule has 2 heterocycles. The van der Waals surface area contributed by atoms with Crippen LogP contribution in [0.4, 0.5) is 8.78 Å². The number of amides is 1. The van der Waals surface area contributed by atoms with Gasteiger partial charge in [-0.2, -0.15) is 0 Å². The summed E-state index contributed by atoms with van der Waals surface area (Å²) in [5.41, 5.74) is 2.33. The maximum Gasteiger partial charge on any atom is 0.223 e. The van der Waals surface area contributed by atoms with E-state index in [1.165, 1.54) is 12.4 Å². The van der Waals surface area contributed by atoms with Gasteiger partial charge in [-0.25, -0.2) is 8.78 Å². The second-order valence-electron chi connectivity index (χ2n) is 8.91. The van der Waals surface area contributed by atoms with Gasteiger partial charge in [0.1, 0.15) is 12.4 Å². The molecule has 2 aliphatic rings. The number of nitrogens with zero attached hydrogens (tertiary/aromatic N) is 2. The first kappa shape index (κ1) is 24.1. The molecule has 7 heteroatoms. The van der Waals surface area contributed by atoms with Crippen LogP contribution in [0.25, 0.3) is 0 Å². The third-order valence-corrected chi connectivity index (χ3v) is 6.49. The summed E-state index contributed by atoms with van der Waals surface area (Å²) >= 11 is 0. The lowest BCUT2D eigenvalue weighted by Gasteiger charge is -2.32. The van der Waals surface area contributed by atoms with Crippen molar-refractivity contribution in [3.05, 3.63) is 89.0 Å². The van der Waals surface area contributed by atoms with Crippen LogP contribution < -0.4 is 5.32 Å². The van der Waals surface area contributed by atoms with E-state index in [0.29, 0.717) is 43.7 Å². The average molecular weight is 468 g/mol. The normalized spacial score (nSPS) is 18.1. The lowest BCUT2D eigenvalue weighted by Crippen LogP contribution is -2.42. The topological polar surface area (TPSA) is 54.5 Å². The van der Waals surface area contributed by atoms with Crippen LogP contribution in [0.1, 0.15) is 48.4 Å². The maximum absolute atomic E-state index is 14.6. The summed E-state index contributed by atoms with van der Waals surface area (Å²) in [7, 11) is 0. The fourth-order valence-electron chi connectivity index (χ4n) is 4.43. The van der Waals surface area contributed by atoms with E-state index in [4.69, 9.17) is 4.74 Å². The highest BCUT2D eigenvalue weighted by molar-refractivity contribution is 5.79. The molecule has 1 aliphatic carbocycles. The quantitative estimate of drug-likeness (QED) is 0.594. The lowest BCUT2D eigenvalue weighted by atomic mass is 9.93. The number of carbonyl (C=O) groups is 1. The van der Waals surface area contributed by atoms with Crippen molar-refractivity contribution in [2.24, 2.45) is 5.92 Å². The third kappa shape index (κ3) is 6.08. The highest BCUT2D eigenvalue weighted by Gasteiger charge is 2.28. The number of aryl methyl sites for hydroxylation is 1. The van der Waals surface area contributed by atoms with Gasteiger partial charge in [-0.1, -0.05) is 29.8 Å². The number of pyridine rings is 1. The van der Waals surface area contributed by atoms with Crippen LogP contribution >= 0.6 is 0 Å². The number of ether oxygens (including phenoxy) is 1. The predicted octanol–water partition coefficient (Wildman–Crippen LogP) is 4.99. The molecule has 4 rings (SSSR count). The van der Waals surface area contributed by atoms with Gasteiger partial charge in [0.05, 0.1) is 12.2 Å². The Morgan fingerprint density at radius 3 is 2.59 bits per heavy atom. The molecular formula is C27H31F2N3O2. The molecule has 0 spiro atoms. The Bertz CT molecular complexity index is 1040. The second kappa shape index (κ2) is 11.4. The number of benzene rings is 1. The summed E-state index contributed by atoms with van der Waals surface area (Å²) in [6.07, 6.45) is 9.00. The maximum atomic E-state index is 14.6. The summed E-state index contributed by atoms with van der Waals surface area (Å²) in [5, 5.41) is 3.08. The molecule has 34 heavy (non-hydrogen) atoms. The first-order valence-corrected chi connectivity index (χ1v) is 11.9. The number of likely N-dealkylation sites (tertiary alicyclic amines) is 1. The Kier molecular flexibility index (Phi) is 8.06. The number of piperidine rings is 1. The van der Waals surface area contributed by atoms with Gasteiger partial charge in [-0.3, -0.25) is 14.7 Å². The van der Waals surface area contributed by atoms with Gasteiger partial charge < -0.3 is 10.1 Å². The first-order valence-electron chi connectivity index (χ1n) is 11.9. The third-order valence-electron chi connectivity index (χ3n) is 6.49. The molecule has 1 aromatic heterocycles. The molecule has 1 aromatic carbocycles. The monoisotopic (exact) mass is 467 g/mol. The van der Waals surface area contributed by atoms with Crippen LogP contribution in [0.15, 0.2) is 66.5 Å². The van der Waals surface area contributed by atoms with Crippen molar-refractivity contribution in [1.82, 2.24) is 15.2 Å². The predicted molar refractivity (Wildman–Crippen MR) is 127 cm³/mol. The van der Waals surface area contributed by atoms with E-state index in [0.717, 1.165) is 30.6 Å². The molecule has 180 valence electrons. The van der Waals surface area contributed by atoms with Crippen LogP contribution in [-0.4, -0.2) is 42.0 Å². The van der Waals surface area contributed by atoms with E-state index in [-0.39, 0.29) is 17.7 Å². The number of halogens is 2. The van der Waals surface area contributed by atoms with E-state index in [2.05, 4.69) is 15.2 Å². The fourth-order valence-corrected chi connectivity index (χ4v) is 4.43. The van der Waals surface area contributed by atoms with E-state index < -0.39 is 11.9 Å². The zero-order valence-corrected chi connectivity index (χ0v) is 19.5. The number of carbonyl (C=O) groups excluding carboxylic acids is 1. The summed E-state index contributed by atoms with van der Waals surface area (Å²) in [5.74, 6) is -0.599. The molecule has 1 fully saturated rings. The Morgan fingerprint density at radius 1 is 1.15 bits per heavy atom. The standard InChI is InChI=1S/C27H31F2N3O2/c1-19-6-8-20(9-7-19)26(22-10-13-30-18-24(22)29)31-27(33)21-11-14-32(15-12-21)16-17-34-25-5-3-2-4-23(25)28/h4-10,13,18,21,26H,2-3,11-12,14-17H2,1H3,(H,31,33). The molecule has 0 saturated carbocycles. The average Bonchev–Trinajstić information content (AvgIpc) is 2.85. The smallest absolute Gasteiger partial charge is 0.223 e. The number of allylic oxidation sites excluding steroid dienone is 3. The van der Waals surface area contributed by atoms with Crippen LogP contribution in [0.2, 0.25) is 0 Å². The minimum Gasteiger partial charge on any atom is -0.490 e. The van der Waals surface area contributed by atoms with E-state index >= 15 is 0 Å². The molecule has 1 atom stereocenters. The van der Waals surface area contributed by atoms with Crippen LogP contribution in [0, 0.1) is 18.7 Å². The summed E-state index contributed by atoms with van der Waals surface area (Å²) in [6.45, 7) is 4.62. The molecule has 0 radical (unpaired) electrons. The largest absolute Gasteiger partial charge is 0.490 e. The van der Waals surface area contributed by atoms with Crippen LogP contribution in [0.3, 0.4) is 0 Å². The Balaban J connectivity index is 1.32. The molecule has 2 aromatic rings. The van der Waals surface area contributed by atoms with Crippen molar-refractivity contribution in [1.29, 1.82) is 0 Å². The van der Waals surface area contributed by atoms with Gasteiger partial charge in [0.25, 0.3) is 0 Å². The molecule has 1 N–H and O–H groups in total. The summed E-state index contributed by atoms with van der Waals surface area (Å²) in [4.78, 5) is 19.2. The van der Waals surface area contributed by atoms with Crippen molar-refractivity contribution < 1.29 is 18.3 Å². The number of hydrogen-bond acceptors (Lipinski definition) is 4. The highest BCUT2D eigenvalue weighted by atomic mass is 19.1. The van der Waals surface area contributed by atoms with E-state index in [9.17, 15) is 13.6 Å². The van der Waals surface area contributed by atoms with Crippen molar-refractivity contribution in [2.45, 2.75) is 38.6 Å². The van der Waals surface area contributed by atoms with Crippen LogP contribution in [-0.2, 0) is 9.53 Å². The van der Waals surface area contributed by atoms with Crippen molar-refractivity contribution in [3.63, 3.8) is 0 Å². The number of nitrogens with one attached hydrogen (secondary N) is 1. The van der Waals surface area contributed by atoms with Gasteiger partial charge >= 0.3 is 0 Å². The molecule has 1 amide bonds. The molecule has 1 unspecified atom stereocenters. The minimum atomic E-state index is -0.575. The molecule has 1 aliphatic heterocycles. The van der Waals surface area contributed by atoms with E-state index in [1.807, 2.05) is 31.2 Å². The Labute approximate surface area is 199 Å². The van der Waals surface area contributed by atoms with Crippen molar-refractivity contribution >= 4 is 5.91 Å². The van der Waals surface area contributed by atoms with Crippen molar-refractivity contribution in [3.8, 4) is 0 Å². The molecule has 1 saturated heterocycles. The van der Waals surface area contributed by atoms with Gasteiger partial charge in [-0.05, 0) is 69.5 Å². The van der Waals surface area contributed by atoms with Gasteiger partial charge in [0, 0.05) is 24.2 Å². The Hall–Kier alpha value is -3.06. The van der Waals surface area contributed by atoms with E-state index in [1.54, 1.807) is 18.2 Å².